The number of unbranched alkanes of at least 4 members (excludes halogenated alkanes) is 5. The van der Waals surface area contributed by atoms with Gasteiger partial charge in [-0.25, -0.2) is 0 Å². The molecule has 0 unspecified atom stereocenters. The van der Waals surface area contributed by atoms with Crippen LogP contribution in [0.2, 0.25) is 5.02 Å². The van der Waals surface area contributed by atoms with E-state index in [-0.39, 0.29) is 19.0 Å². The van der Waals surface area contributed by atoms with E-state index in [0.29, 0.717) is 11.6 Å². The Hall–Kier alpha value is -1.55. The number of esters is 1. The number of rotatable bonds is 12. The van der Waals surface area contributed by atoms with Crippen LogP contribution in [0.5, 0.6) is 0 Å². The minimum Gasteiger partial charge on any atom is -0.466 e. The predicted octanol–water partition coefficient (Wildman–Crippen LogP) is 4.98. The van der Waals surface area contributed by atoms with E-state index < -0.39 is 0 Å². The Labute approximate surface area is 143 Å². The molecule has 0 aliphatic rings. The maximum absolute atomic E-state index is 11.5. The smallest absolute Gasteiger partial charge is 0.309 e. The van der Waals surface area contributed by atoms with Gasteiger partial charge in [-0.05, 0) is 12.5 Å². The Kier molecular flexibility index (Phi) is 11.0. The van der Waals surface area contributed by atoms with Gasteiger partial charge in [0.25, 0.3) is 0 Å². The van der Waals surface area contributed by atoms with Crippen molar-refractivity contribution in [1.82, 2.24) is 0 Å². The molecule has 0 N–H and O–H groups in total. The quantitative estimate of drug-likeness (QED) is 0.233. The number of oxime groups is 1. The third-order valence-electron chi connectivity index (χ3n) is 3.33. The average molecular weight is 340 g/mol. The molecule has 0 bridgehead atoms. The summed E-state index contributed by atoms with van der Waals surface area (Å²) in [4.78, 5) is 16.5. The van der Waals surface area contributed by atoms with Gasteiger partial charge < -0.3 is 9.57 Å². The number of benzene rings is 1. The first-order chi connectivity index (χ1) is 11.2. The first-order valence-electron chi connectivity index (χ1n) is 8.29. The summed E-state index contributed by atoms with van der Waals surface area (Å²) >= 11 is 5.98. The highest BCUT2D eigenvalue weighted by Gasteiger charge is 2.02. The minimum absolute atomic E-state index is 0.204. The van der Waals surface area contributed by atoms with Crippen molar-refractivity contribution in [3.63, 3.8) is 0 Å². The molecule has 0 aliphatic carbocycles. The lowest BCUT2D eigenvalue weighted by Gasteiger charge is -2.04. The largest absolute Gasteiger partial charge is 0.466 e. The lowest BCUT2D eigenvalue weighted by molar-refractivity contribution is -0.145. The molecule has 0 saturated heterocycles. The van der Waals surface area contributed by atoms with E-state index in [1.165, 1.54) is 31.9 Å². The third kappa shape index (κ3) is 9.95. The van der Waals surface area contributed by atoms with Crippen molar-refractivity contribution in [2.75, 3.05) is 13.2 Å². The zero-order valence-electron chi connectivity index (χ0n) is 13.8. The van der Waals surface area contributed by atoms with E-state index in [2.05, 4.69) is 12.1 Å². The molecule has 23 heavy (non-hydrogen) atoms. The number of ether oxygens (including phenoxy) is 1. The van der Waals surface area contributed by atoms with Crippen LogP contribution in [-0.2, 0) is 14.4 Å². The van der Waals surface area contributed by atoms with Gasteiger partial charge in [-0.1, -0.05) is 74.0 Å². The molecular formula is C18H26ClNO3. The van der Waals surface area contributed by atoms with Gasteiger partial charge in [0, 0.05) is 10.6 Å². The molecule has 0 spiro atoms. The highest BCUT2D eigenvalue weighted by molar-refractivity contribution is 6.33. The lowest BCUT2D eigenvalue weighted by Crippen LogP contribution is -2.08. The van der Waals surface area contributed by atoms with Gasteiger partial charge in [0.15, 0.2) is 0 Å². The molecular weight excluding hydrogens is 314 g/mol. The number of nitrogens with zero attached hydrogens (tertiary/aromatic N) is 1. The molecule has 0 atom stereocenters. The van der Waals surface area contributed by atoms with Crippen LogP contribution >= 0.6 is 11.6 Å². The number of carbonyl (C=O) groups excluding carboxylic acids is 1. The molecule has 1 rings (SSSR count). The van der Waals surface area contributed by atoms with Crippen molar-refractivity contribution in [3.8, 4) is 0 Å². The Morgan fingerprint density at radius 1 is 1.13 bits per heavy atom. The molecule has 0 fully saturated rings. The third-order valence-corrected chi connectivity index (χ3v) is 3.67. The maximum atomic E-state index is 11.5. The lowest BCUT2D eigenvalue weighted by atomic mass is 10.1. The molecule has 5 heteroatoms. The molecule has 1 aromatic carbocycles. The summed E-state index contributed by atoms with van der Waals surface area (Å²) < 4.78 is 5.14. The average Bonchev–Trinajstić information content (AvgIpc) is 2.55. The summed E-state index contributed by atoms with van der Waals surface area (Å²) in [5, 5.41) is 4.40. The van der Waals surface area contributed by atoms with Gasteiger partial charge in [-0.3, -0.25) is 4.79 Å². The fourth-order valence-corrected chi connectivity index (χ4v) is 2.18. The Bertz CT molecular complexity index is 477. The van der Waals surface area contributed by atoms with Gasteiger partial charge in [-0.2, -0.15) is 0 Å². The van der Waals surface area contributed by atoms with E-state index >= 15 is 0 Å². The van der Waals surface area contributed by atoms with Crippen LogP contribution < -0.4 is 0 Å². The highest BCUT2D eigenvalue weighted by Crippen LogP contribution is 2.12. The molecule has 0 aromatic heterocycles. The summed E-state index contributed by atoms with van der Waals surface area (Å²) in [7, 11) is 0. The molecule has 0 heterocycles. The molecule has 4 nitrogen and oxygen atoms in total. The van der Waals surface area contributed by atoms with Crippen LogP contribution in [-0.4, -0.2) is 25.4 Å². The van der Waals surface area contributed by atoms with Crippen LogP contribution in [0.1, 0.15) is 57.4 Å². The molecule has 0 amide bonds. The highest BCUT2D eigenvalue weighted by atomic mass is 35.5. The monoisotopic (exact) mass is 339 g/mol. The second-order valence-corrected chi connectivity index (χ2v) is 5.73. The maximum Gasteiger partial charge on any atom is 0.309 e. The molecule has 0 aliphatic heterocycles. The first kappa shape index (κ1) is 19.5. The van der Waals surface area contributed by atoms with Crippen molar-refractivity contribution in [2.24, 2.45) is 5.16 Å². The van der Waals surface area contributed by atoms with E-state index in [1.54, 1.807) is 6.07 Å². The fourth-order valence-electron chi connectivity index (χ4n) is 2.00. The van der Waals surface area contributed by atoms with Crippen LogP contribution in [0, 0.1) is 0 Å². The number of hydrogen-bond acceptors (Lipinski definition) is 4. The Balaban J connectivity index is 2.01. The Morgan fingerprint density at radius 2 is 1.87 bits per heavy atom. The van der Waals surface area contributed by atoms with Crippen LogP contribution in [0.25, 0.3) is 0 Å². The summed E-state index contributed by atoms with van der Waals surface area (Å²) in [6.45, 7) is 2.90. The van der Waals surface area contributed by atoms with Crippen molar-refractivity contribution in [3.05, 3.63) is 34.9 Å². The fraction of sp³-hybridized carbons (Fsp3) is 0.556. The topological polar surface area (TPSA) is 47.9 Å². The zero-order chi connectivity index (χ0) is 16.8. The Morgan fingerprint density at radius 3 is 2.65 bits per heavy atom. The van der Waals surface area contributed by atoms with Gasteiger partial charge in [-0.15, -0.1) is 0 Å². The number of halogens is 1. The van der Waals surface area contributed by atoms with Crippen molar-refractivity contribution < 1.29 is 14.4 Å². The van der Waals surface area contributed by atoms with Gasteiger partial charge in [0.05, 0.1) is 19.2 Å². The van der Waals surface area contributed by atoms with Crippen molar-refractivity contribution in [1.29, 1.82) is 0 Å². The van der Waals surface area contributed by atoms with E-state index in [4.69, 9.17) is 21.2 Å². The standard InChI is InChI=1S/C18H26ClNO3/c1-2-3-4-5-6-9-13-22-18(21)12-14-23-20-15-16-10-7-8-11-17(16)19/h7-8,10-11,15H,2-6,9,12-14H2,1H3/b20-15+. The zero-order valence-corrected chi connectivity index (χ0v) is 14.6. The second-order valence-electron chi connectivity index (χ2n) is 5.33. The number of carbonyl (C=O) groups is 1. The molecule has 1 aromatic rings. The molecule has 128 valence electrons. The normalized spacial score (nSPS) is 10.9. The van der Waals surface area contributed by atoms with Gasteiger partial charge in [0.1, 0.15) is 6.61 Å². The van der Waals surface area contributed by atoms with Crippen LogP contribution in [0.3, 0.4) is 0 Å². The summed E-state index contributed by atoms with van der Waals surface area (Å²) in [6.07, 6.45) is 8.79. The second kappa shape index (κ2) is 12.9. The van der Waals surface area contributed by atoms with Crippen molar-refractivity contribution in [2.45, 2.75) is 51.9 Å². The first-order valence-corrected chi connectivity index (χ1v) is 8.67. The minimum atomic E-state index is -0.244. The van der Waals surface area contributed by atoms with Crippen LogP contribution in [0.15, 0.2) is 29.4 Å². The van der Waals surface area contributed by atoms with E-state index in [9.17, 15) is 4.79 Å². The van der Waals surface area contributed by atoms with Crippen LogP contribution in [0.4, 0.5) is 0 Å². The number of hydrogen-bond donors (Lipinski definition) is 0. The summed E-state index contributed by atoms with van der Waals surface area (Å²) in [6, 6.07) is 7.33. The summed E-state index contributed by atoms with van der Waals surface area (Å²) in [5.74, 6) is -0.244. The van der Waals surface area contributed by atoms with Crippen molar-refractivity contribution >= 4 is 23.8 Å². The summed E-state index contributed by atoms with van der Waals surface area (Å²) in [5.41, 5.74) is 0.778. The van der Waals surface area contributed by atoms with Gasteiger partial charge >= 0.3 is 5.97 Å². The van der Waals surface area contributed by atoms with E-state index in [0.717, 1.165) is 18.4 Å². The SMILES string of the molecule is CCCCCCCCOC(=O)CCO/N=C/c1ccccc1Cl. The van der Waals surface area contributed by atoms with E-state index in [1.807, 2.05) is 18.2 Å². The van der Waals surface area contributed by atoms with Gasteiger partial charge in [0.2, 0.25) is 0 Å². The molecule has 0 radical (unpaired) electrons. The predicted molar refractivity (Wildman–Crippen MR) is 94.0 cm³/mol. The molecule has 0 saturated carbocycles.